The molecule has 1 fully saturated rings. The van der Waals surface area contributed by atoms with Gasteiger partial charge >= 0.3 is 5.63 Å². The van der Waals surface area contributed by atoms with Crippen LogP contribution < -0.4 is 15.1 Å². The Kier molecular flexibility index (Phi) is 3.92. The molecule has 1 unspecified atom stereocenters. The number of fused-ring (bicyclic) bond motifs is 3. The number of rotatable bonds is 3. The minimum absolute atomic E-state index is 0.137. The van der Waals surface area contributed by atoms with Gasteiger partial charge in [0.1, 0.15) is 17.1 Å². The van der Waals surface area contributed by atoms with Crippen molar-refractivity contribution in [3.63, 3.8) is 0 Å². The molecule has 25 heavy (non-hydrogen) atoms. The molecule has 5 nitrogen and oxygen atoms in total. The molecular weight excluding hydrogens is 320 g/mol. The molecule has 1 atom stereocenters. The van der Waals surface area contributed by atoms with Crippen molar-refractivity contribution in [3.8, 4) is 11.5 Å². The van der Waals surface area contributed by atoms with Crippen LogP contribution in [0.25, 0.3) is 21.7 Å². The van der Waals surface area contributed by atoms with E-state index in [9.17, 15) is 9.59 Å². The number of hydrogen-bond donors (Lipinski definition) is 0. The standard InChI is InChI=1S/C20H18O5/c1-23-12-6-8-14-15-9-7-13(24-18-5-3-2-4-17(18)21)11-19(15)25-20(22)16(14)10-12/h6-11,18H,2-5H2,1H3. The molecule has 0 N–H and O–H groups in total. The summed E-state index contributed by atoms with van der Waals surface area (Å²) in [6.07, 6.45) is 2.83. The molecule has 0 amide bonds. The maximum atomic E-state index is 12.3. The number of ether oxygens (including phenoxy) is 2. The molecule has 1 aliphatic carbocycles. The normalized spacial score (nSPS) is 17.8. The maximum Gasteiger partial charge on any atom is 0.344 e. The molecule has 0 bridgehead atoms. The van der Waals surface area contributed by atoms with Gasteiger partial charge in [0.2, 0.25) is 0 Å². The second-order valence-electron chi connectivity index (χ2n) is 6.28. The lowest BCUT2D eigenvalue weighted by molar-refractivity contribution is -0.127. The van der Waals surface area contributed by atoms with E-state index in [1.165, 1.54) is 0 Å². The Labute approximate surface area is 144 Å². The van der Waals surface area contributed by atoms with Gasteiger partial charge in [-0.3, -0.25) is 4.79 Å². The van der Waals surface area contributed by atoms with Gasteiger partial charge in [-0.15, -0.1) is 0 Å². The highest BCUT2D eigenvalue weighted by molar-refractivity contribution is 6.04. The molecule has 0 radical (unpaired) electrons. The Morgan fingerprint density at radius 2 is 1.76 bits per heavy atom. The number of methoxy groups -OCH3 is 1. The topological polar surface area (TPSA) is 65.7 Å². The summed E-state index contributed by atoms with van der Waals surface area (Å²) in [4.78, 5) is 24.2. The predicted molar refractivity (Wildman–Crippen MR) is 94.4 cm³/mol. The largest absolute Gasteiger partial charge is 0.497 e. The summed E-state index contributed by atoms with van der Waals surface area (Å²) in [5.74, 6) is 1.29. The van der Waals surface area contributed by atoms with E-state index in [1.807, 2.05) is 24.3 Å². The number of Topliss-reactive ketones (excluding diaryl/α,β-unsaturated/α-hetero) is 1. The average molecular weight is 338 g/mol. The van der Waals surface area contributed by atoms with Crippen LogP contribution in [0, 0.1) is 0 Å². The number of carbonyl (C=O) groups is 1. The van der Waals surface area contributed by atoms with E-state index in [0.717, 1.165) is 30.0 Å². The highest BCUT2D eigenvalue weighted by Crippen LogP contribution is 2.29. The highest BCUT2D eigenvalue weighted by Gasteiger charge is 2.24. The van der Waals surface area contributed by atoms with Crippen LogP contribution in [0.2, 0.25) is 0 Å². The van der Waals surface area contributed by atoms with Gasteiger partial charge in [0, 0.05) is 23.3 Å². The molecule has 4 rings (SSSR count). The Hall–Kier alpha value is -2.82. The van der Waals surface area contributed by atoms with Crippen LogP contribution in [-0.4, -0.2) is 19.0 Å². The summed E-state index contributed by atoms with van der Waals surface area (Å²) in [6, 6.07) is 10.7. The van der Waals surface area contributed by atoms with Gasteiger partial charge in [-0.2, -0.15) is 0 Å². The molecule has 0 saturated heterocycles. The van der Waals surface area contributed by atoms with E-state index in [2.05, 4.69) is 0 Å². The van der Waals surface area contributed by atoms with Gasteiger partial charge in [-0.25, -0.2) is 4.79 Å². The minimum Gasteiger partial charge on any atom is -0.497 e. The summed E-state index contributed by atoms with van der Waals surface area (Å²) in [5.41, 5.74) is 0.0238. The van der Waals surface area contributed by atoms with Crippen molar-refractivity contribution in [2.75, 3.05) is 7.11 Å². The van der Waals surface area contributed by atoms with Crippen LogP contribution in [0.15, 0.2) is 45.6 Å². The lowest BCUT2D eigenvalue weighted by atomic mass is 9.96. The summed E-state index contributed by atoms with van der Waals surface area (Å²) < 4.78 is 16.5. The summed E-state index contributed by atoms with van der Waals surface area (Å²) in [5, 5.41) is 2.09. The van der Waals surface area contributed by atoms with E-state index in [4.69, 9.17) is 13.9 Å². The Morgan fingerprint density at radius 3 is 2.56 bits per heavy atom. The zero-order chi connectivity index (χ0) is 17.4. The van der Waals surface area contributed by atoms with Crippen LogP contribution in [0.3, 0.4) is 0 Å². The third kappa shape index (κ3) is 2.86. The lowest BCUT2D eigenvalue weighted by Crippen LogP contribution is -2.30. The minimum atomic E-state index is -0.424. The van der Waals surface area contributed by atoms with Crippen molar-refractivity contribution < 1.29 is 18.7 Å². The monoisotopic (exact) mass is 338 g/mol. The van der Waals surface area contributed by atoms with Gasteiger partial charge in [0.15, 0.2) is 11.9 Å². The molecule has 5 heteroatoms. The molecule has 1 aromatic heterocycles. The Bertz CT molecular complexity index is 1020. The van der Waals surface area contributed by atoms with Gasteiger partial charge in [0.05, 0.1) is 12.5 Å². The fourth-order valence-corrected chi connectivity index (χ4v) is 3.33. The number of hydrogen-bond acceptors (Lipinski definition) is 5. The zero-order valence-electron chi connectivity index (χ0n) is 13.9. The number of carbonyl (C=O) groups excluding carboxylic acids is 1. The van der Waals surface area contributed by atoms with Gasteiger partial charge in [0.25, 0.3) is 0 Å². The van der Waals surface area contributed by atoms with Crippen LogP contribution in [0.4, 0.5) is 0 Å². The van der Waals surface area contributed by atoms with Crippen LogP contribution >= 0.6 is 0 Å². The van der Waals surface area contributed by atoms with Crippen LogP contribution in [-0.2, 0) is 4.79 Å². The quantitative estimate of drug-likeness (QED) is 0.536. The Balaban J connectivity index is 1.77. The predicted octanol–water partition coefficient (Wildman–Crippen LogP) is 3.85. The van der Waals surface area contributed by atoms with Crippen molar-refractivity contribution >= 4 is 27.5 Å². The molecule has 2 aromatic carbocycles. The molecule has 1 heterocycles. The van der Waals surface area contributed by atoms with E-state index in [1.54, 1.807) is 19.2 Å². The molecule has 0 spiro atoms. The van der Waals surface area contributed by atoms with Crippen molar-refractivity contribution in [1.29, 1.82) is 0 Å². The van der Waals surface area contributed by atoms with E-state index >= 15 is 0 Å². The highest BCUT2D eigenvalue weighted by atomic mass is 16.5. The van der Waals surface area contributed by atoms with Gasteiger partial charge < -0.3 is 13.9 Å². The number of benzene rings is 2. The van der Waals surface area contributed by atoms with Gasteiger partial charge in [-0.05, 0) is 49.6 Å². The second-order valence-corrected chi connectivity index (χ2v) is 6.28. The van der Waals surface area contributed by atoms with Gasteiger partial charge in [-0.1, -0.05) is 0 Å². The van der Waals surface area contributed by atoms with Crippen LogP contribution in [0.1, 0.15) is 25.7 Å². The molecule has 128 valence electrons. The van der Waals surface area contributed by atoms with Crippen molar-refractivity contribution in [1.82, 2.24) is 0 Å². The molecule has 0 aliphatic heterocycles. The lowest BCUT2D eigenvalue weighted by Gasteiger charge is -2.21. The molecule has 3 aromatic rings. The first-order chi connectivity index (χ1) is 12.2. The third-order valence-electron chi connectivity index (χ3n) is 4.67. The maximum absolute atomic E-state index is 12.3. The fourth-order valence-electron chi connectivity index (χ4n) is 3.33. The van der Waals surface area contributed by atoms with Crippen molar-refractivity contribution in [2.45, 2.75) is 31.8 Å². The second kappa shape index (κ2) is 6.24. The molecule has 1 saturated carbocycles. The number of ketones is 1. The SMILES string of the molecule is COc1ccc2c(c1)c(=O)oc1cc(OC3CCCCC3=O)ccc12. The summed E-state index contributed by atoms with van der Waals surface area (Å²) in [7, 11) is 1.56. The van der Waals surface area contributed by atoms with Crippen LogP contribution in [0.5, 0.6) is 11.5 Å². The summed E-state index contributed by atoms with van der Waals surface area (Å²) in [6.45, 7) is 0. The summed E-state index contributed by atoms with van der Waals surface area (Å²) >= 11 is 0. The molecular formula is C20H18O5. The smallest absolute Gasteiger partial charge is 0.344 e. The van der Waals surface area contributed by atoms with E-state index in [-0.39, 0.29) is 5.78 Å². The first-order valence-corrected chi connectivity index (χ1v) is 8.40. The molecule has 1 aliphatic rings. The fraction of sp³-hybridized carbons (Fsp3) is 0.300. The van der Waals surface area contributed by atoms with E-state index in [0.29, 0.717) is 28.9 Å². The van der Waals surface area contributed by atoms with Crippen molar-refractivity contribution in [2.24, 2.45) is 0 Å². The first-order valence-electron chi connectivity index (χ1n) is 8.40. The first kappa shape index (κ1) is 15.7. The zero-order valence-corrected chi connectivity index (χ0v) is 13.9. The van der Waals surface area contributed by atoms with Crippen molar-refractivity contribution in [3.05, 3.63) is 46.8 Å². The van der Waals surface area contributed by atoms with E-state index < -0.39 is 11.7 Å². The third-order valence-corrected chi connectivity index (χ3v) is 4.67. The Morgan fingerprint density at radius 1 is 0.960 bits per heavy atom. The average Bonchev–Trinajstić information content (AvgIpc) is 2.63.